The van der Waals surface area contributed by atoms with E-state index >= 15 is 0 Å². The van der Waals surface area contributed by atoms with Crippen LogP contribution in [-0.2, 0) is 0 Å². The fourth-order valence-electron chi connectivity index (χ4n) is 1.54. The fourth-order valence-corrected chi connectivity index (χ4v) is 1.92. The number of hydrogen-bond donors (Lipinski definition) is 0. The van der Waals surface area contributed by atoms with Crippen LogP contribution in [0.5, 0.6) is 0 Å². The van der Waals surface area contributed by atoms with Crippen LogP contribution < -0.4 is 0 Å². The zero-order chi connectivity index (χ0) is 13.3. The highest BCUT2D eigenvalue weighted by Gasteiger charge is 2.28. The average Bonchev–Trinajstić information content (AvgIpc) is 2.80. The van der Waals surface area contributed by atoms with Crippen molar-refractivity contribution in [3.05, 3.63) is 30.4 Å². The summed E-state index contributed by atoms with van der Waals surface area (Å²) >= 11 is 3.43. The van der Waals surface area contributed by atoms with E-state index in [2.05, 4.69) is 26.0 Å². The van der Waals surface area contributed by atoms with Crippen LogP contribution in [0.3, 0.4) is 0 Å². The molecule has 0 radical (unpaired) electrons. The summed E-state index contributed by atoms with van der Waals surface area (Å²) in [6, 6.07) is 0. The van der Waals surface area contributed by atoms with Gasteiger partial charge in [-0.1, -0.05) is 15.9 Å². The summed E-state index contributed by atoms with van der Waals surface area (Å²) in [5, 5.41) is 4.86. The van der Waals surface area contributed by atoms with Gasteiger partial charge >= 0.3 is 0 Å². The Bertz CT molecular complexity index is 578. The second kappa shape index (κ2) is 4.68. The predicted octanol–water partition coefficient (Wildman–Crippen LogP) is 1.97. The molecule has 2 aromatic heterocycles. The Morgan fingerprint density at radius 1 is 1.50 bits per heavy atom. The third-order valence-electron chi connectivity index (χ3n) is 3.09. The minimum absolute atomic E-state index is 0.0533. The molecule has 5 nitrogen and oxygen atoms in total. The number of amides is 1. The minimum atomic E-state index is -0.256. The van der Waals surface area contributed by atoms with E-state index in [1.54, 1.807) is 41.3 Å². The number of halogens is 1. The van der Waals surface area contributed by atoms with E-state index in [0.717, 1.165) is 5.52 Å². The molecule has 0 spiro atoms. The first-order valence-electron chi connectivity index (χ1n) is 5.59. The van der Waals surface area contributed by atoms with Gasteiger partial charge in [0.15, 0.2) is 0 Å². The van der Waals surface area contributed by atoms with Crippen LogP contribution in [0.2, 0.25) is 0 Å². The minimum Gasteiger partial charge on any atom is -0.336 e. The Labute approximate surface area is 114 Å². The smallest absolute Gasteiger partial charge is 0.257 e. The molecule has 0 unspecified atom stereocenters. The lowest BCUT2D eigenvalue weighted by Crippen LogP contribution is -2.46. The summed E-state index contributed by atoms with van der Waals surface area (Å²) in [6.07, 6.45) is 6.59. The first-order chi connectivity index (χ1) is 8.47. The number of fused-ring (bicyclic) bond motifs is 1. The quantitative estimate of drug-likeness (QED) is 0.815. The lowest BCUT2D eigenvalue weighted by Gasteiger charge is -2.33. The van der Waals surface area contributed by atoms with Crippen molar-refractivity contribution in [3.8, 4) is 0 Å². The Morgan fingerprint density at radius 3 is 2.89 bits per heavy atom. The molecule has 2 heterocycles. The molecule has 0 atom stereocenters. The zero-order valence-electron chi connectivity index (χ0n) is 10.6. The Hall–Kier alpha value is -1.43. The number of nitrogens with zero attached hydrogens (tertiary/aromatic N) is 4. The number of aromatic nitrogens is 3. The van der Waals surface area contributed by atoms with Crippen LogP contribution in [0.25, 0.3) is 5.52 Å². The van der Waals surface area contributed by atoms with E-state index in [4.69, 9.17) is 0 Å². The van der Waals surface area contributed by atoms with Crippen LogP contribution >= 0.6 is 15.9 Å². The van der Waals surface area contributed by atoms with Crippen molar-refractivity contribution in [1.82, 2.24) is 19.5 Å². The Kier molecular flexibility index (Phi) is 3.38. The summed E-state index contributed by atoms with van der Waals surface area (Å²) in [5.41, 5.74) is 1.03. The molecular formula is C12H15BrN4O. The highest BCUT2D eigenvalue weighted by Crippen LogP contribution is 2.20. The largest absolute Gasteiger partial charge is 0.336 e. The third kappa shape index (κ3) is 2.12. The lowest BCUT2D eigenvalue weighted by molar-refractivity contribution is 0.0665. The number of alkyl halides is 1. The van der Waals surface area contributed by atoms with Gasteiger partial charge in [0.25, 0.3) is 5.91 Å². The normalized spacial score (nSPS) is 11.8. The van der Waals surface area contributed by atoms with Crippen molar-refractivity contribution >= 4 is 27.4 Å². The summed E-state index contributed by atoms with van der Waals surface area (Å²) < 4.78 is 1.65. The molecule has 0 N–H and O–H groups in total. The highest BCUT2D eigenvalue weighted by atomic mass is 79.9. The van der Waals surface area contributed by atoms with Gasteiger partial charge in [-0.3, -0.25) is 9.78 Å². The van der Waals surface area contributed by atoms with Crippen LogP contribution in [0.4, 0.5) is 0 Å². The van der Waals surface area contributed by atoms with E-state index in [1.165, 1.54) is 0 Å². The van der Waals surface area contributed by atoms with Gasteiger partial charge in [0.2, 0.25) is 0 Å². The zero-order valence-corrected chi connectivity index (χ0v) is 12.2. The van der Waals surface area contributed by atoms with Crippen molar-refractivity contribution in [2.75, 3.05) is 12.4 Å². The molecule has 1 amide bonds. The van der Waals surface area contributed by atoms with Crippen molar-refractivity contribution in [3.63, 3.8) is 0 Å². The summed E-state index contributed by atoms with van der Waals surface area (Å²) in [7, 11) is 1.80. The summed E-state index contributed by atoms with van der Waals surface area (Å²) in [6.45, 7) is 4.01. The molecule has 96 valence electrons. The number of carbonyl (C=O) groups is 1. The van der Waals surface area contributed by atoms with E-state index < -0.39 is 0 Å². The van der Waals surface area contributed by atoms with Gasteiger partial charge in [0.1, 0.15) is 0 Å². The molecule has 0 aliphatic carbocycles. The predicted molar refractivity (Wildman–Crippen MR) is 73.0 cm³/mol. The Balaban J connectivity index is 2.40. The fraction of sp³-hybridized carbons (Fsp3) is 0.417. The molecule has 0 saturated carbocycles. The molecule has 0 aliphatic rings. The van der Waals surface area contributed by atoms with E-state index in [-0.39, 0.29) is 11.4 Å². The molecule has 0 saturated heterocycles. The second-order valence-corrected chi connectivity index (χ2v) is 5.34. The maximum Gasteiger partial charge on any atom is 0.257 e. The van der Waals surface area contributed by atoms with Crippen LogP contribution in [0.15, 0.2) is 24.8 Å². The first-order valence-corrected chi connectivity index (χ1v) is 6.71. The van der Waals surface area contributed by atoms with E-state index in [1.807, 2.05) is 13.8 Å². The maximum absolute atomic E-state index is 12.4. The summed E-state index contributed by atoms with van der Waals surface area (Å²) in [5.74, 6) is -0.0533. The Morgan fingerprint density at radius 2 is 2.22 bits per heavy atom. The molecule has 6 heteroatoms. The van der Waals surface area contributed by atoms with E-state index in [0.29, 0.717) is 10.9 Å². The van der Waals surface area contributed by atoms with Gasteiger partial charge in [0, 0.05) is 30.3 Å². The van der Waals surface area contributed by atoms with Crippen molar-refractivity contribution in [1.29, 1.82) is 0 Å². The van der Waals surface area contributed by atoms with E-state index in [9.17, 15) is 4.79 Å². The average molecular weight is 311 g/mol. The van der Waals surface area contributed by atoms with Crippen molar-refractivity contribution in [2.45, 2.75) is 19.4 Å². The van der Waals surface area contributed by atoms with Crippen molar-refractivity contribution < 1.29 is 4.79 Å². The monoisotopic (exact) mass is 310 g/mol. The molecule has 2 rings (SSSR count). The van der Waals surface area contributed by atoms with Gasteiger partial charge in [-0.25, -0.2) is 4.52 Å². The van der Waals surface area contributed by atoms with Gasteiger partial charge in [-0.15, -0.1) is 0 Å². The maximum atomic E-state index is 12.4. The van der Waals surface area contributed by atoms with Gasteiger partial charge in [-0.05, 0) is 13.8 Å². The lowest BCUT2D eigenvalue weighted by atomic mass is 10.1. The van der Waals surface area contributed by atoms with Crippen LogP contribution in [-0.4, -0.2) is 43.3 Å². The molecule has 0 fully saturated rings. The summed E-state index contributed by atoms with van der Waals surface area (Å²) in [4.78, 5) is 18.2. The number of carbonyl (C=O) groups excluding carboxylic acids is 1. The van der Waals surface area contributed by atoms with Gasteiger partial charge in [-0.2, -0.15) is 5.10 Å². The third-order valence-corrected chi connectivity index (χ3v) is 4.47. The first kappa shape index (κ1) is 13.0. The van der Waals surface area contributed by atoms with Gasteiger partial charge < -0.3 is 4.90 Å². The molecule has 0 bridgehead atoms. The standard InChI is InChI=1S/C12H15BrN4O/c1-12(2,8-13)16(3)11(18)9-6-15-17-5-4-14-7-10(9)17/h4-7H,8H2,1-3H3. The number of hydrogen-bond acceptors (Lipinski definition) is 3. The van der Waals surface area contributed by atoms with Crippen LogP contribution in [0, 0.1) is 0 Å². The molecule has 0 aromatic carbocycles. The molecule has 18 heavy (non-hydrogen) atoms. The van der Waals surface area contributed by atoms with Crippen molar-refractivity contribution in [2.24, 2.45) is 0 Å². The SMILES string of the molecule is CN(C(=O)c1cnn2ccncc12)C(C)(C)CBr. The molecule has 2 aromatic rings. The molecule has 0 aliphatic heterocycles. The molecular weight excluding hydrogens is 296 g/mol. The number of rotatable bonds is 3. The second-order valence-electron chi connectivity index (χ2n) is 4.77. The highest BCUT2D eigenvalue weighted by molar-refractivity contribution is 9.09. The topological polar surface area (TPSA) is 50.5 Å². The van der Waals surface area contributed by atoms with Gasteiger partial charge in [0.05, 0.1) is 23.5 Å². The van der Waals surface area contributed by atoms with Crippen LogP contribution in [0.1, 0.15) is 24.2 Å².